The van der Waals surface area contributed by atoms with Crippen LogP contribution in [0.25, 0.3) is 0 Å². The Morgan fingerprint density at radius 1 is 1.42 bits per heavy atom. The van der Waals surface area contributed by atoms with Crippen LogP contribution < -0.4 is 4.72 Å². The fraction of sp³-hybridized carbons (Fsp3) is 0.462. The van der Waals surface area contributed by atoms with Crippen molar-refractivity contribution in [1.29, 1.82) is 5.26 Å². The van der Waals surface area contributed by atoms with Crippen molar-refractivity contribution in [3.05, 3.63) is 29.3 Å². The number of hydrogen-bond acceptors (Lipinski definition) is 3. The predicted molar refractivity (Wildman–Crippen MR) is 73.5 cm³/mol. The highest BCUT2D eigenvalue weighted by molar-refractivity contribution is 7.89. The standard InChI is InChI=1S/C13H15ClN2O2S/c1-9-5-6-10(8-15)7-13(9)19(17,18)16-12-4-2-3-11(12)14/h5-7,11-12,16H,2-4H2,1H3. The number of alkyl halides is 1. The molecule has 0 saturated heterocycles. The summed E-state index contributed by atoms with van der Waals surface area (Å²) in [4.78, 5) is 0.155. The van der Waals surface area contributed by atoms with Crippen LogP contribution in [-0.2, 0) is 10.0 Å². The van der Waals surface area contributed by atoms with Gasteiger partial charge in [0.05, 0.1) is 16.5 Å². The highest BCUT2D eigenvalue weighted by Crippen LogP contribution is 2.26. The van der Waals surface area contributed by atoms with E-state index >= 15 is 0 Å². The topological polar surface area (TPSA) is 70.0 Å². The lowest BCUT2D eigenvalue weighted by Crippen LogP contribution is -2.38. The van der Waals surface area contributed by atoms with Gasteiger partial charge in [-0.05, 0) is 37.5 Å². The Hall–Kier alpha value is -1.09. The van der Waals surface area contributed by atoms with Crippen molar-refractivity contribution in [2.24, 2.45) is 0 Å². The second-order valence-electron chi connectivity index (χ2n) is 4.77. The number of nitriles is 1. The fourth-order valence-electron chi connectivity index (χ4n) is 2.27. The summed E-state index contributed by atoms with van der Waals surface area (Å²) in [5.74, 6) is 0. The molecule has 0 amide bonds. The third-order valence-corrected chi connectivity index (χ3v) is 5.50. The van der Waals surface area contributed by atoms with Gasteiger partial charge in [0.25, 0.3) is 0 Å². The highest BCUT2D eigenvalue weighted by Gasteiger charge is 2.30. The lowest BCUT2D eigenvalue weighted by Gasteiger charge is -2.17. The molecule has 1 aromatic rings. The van der Waals surface area contributed by atoms with Crippen molar-refractivity contribution in [2.75, 3.05) is 0 Å². The largest absolute Gasteiger partial charge is 0.241 e. The van der Waals surface area contributed by atoms with Gasteiger partial charge in [-0.25, -0.2) is 13.1 Å². The molecule has 0 aliphatic heterocycles. The van der Waals surface area contributed by atoms with Gasteiger partial charge < -0.3 is 0 Å². The van der Waals surface area contributed by atoms with Crippen molar-refractivity contribution in [3.63, 3.8) is 0 Å². The summed E-state index contributed by atoms with van der Waals surface area (Å²) < 4.78 is 27.3. The minimum absolute atomic E-state index is 0.155. The number of benzene rings is 1. The van der Waals surface area contributed by atoms with Crippen LogP contribution in [0.4, 0.5) is 0 Å². The summed E-state index contributed by atoms with van der Waals surface area (Å²) in [7, 11) is -3.63. The molecule has 1 aliphatic carbocycles. The molecule has 19 heavy (non-hydrogen) atoms. The fourth-order valence-corrected chi connectivity index (χ4v) is 4.27. The zero-order valence-electron chi connectivity index (χ0n) is 10.6. The maximum absolute atomic E-state index is 12.3. The van der Waals surface area contributed by atoms with Crippen LogP contribution in [0.1, 0.15) is 30.4 Å². The average Bonchev–Trinajstić information content (AvgIpc) is 2.75. The lowest BCUT2D eigenvalue weighted by atomic mass is 10.2. The van der Waals surface area contributed by atoms with E-state index in [1.54, 1.807) is 19.1 Å². The van der Waals surface area contributed by atoms with Crippen LogP contribution in [0.2, 0.25) is 0 Å². The molecular formula is C13H15ClN2O2S. The van der Waals surface area contributed by atoms with Crippen LogP contribution in [0.15, 0.2) is 23.1 Å². The molecule has 0 radical (unpaired) electrons. The number of rotatable bonds is 3. The first kappa shape index (κ1) is 14.3. The first-order valence-electron chi connectivity index (χ1n) is 6.11. The molecule has 102 valence electrons. The molecule has 6 heteroatoms. The van der Waals surface area contributed by atoms with Gasteiger partial charge in [-0.15, -0.1) is 11.6 Å². The number of nitrogens with one attached hydrogen (secondary N) is 1. The van der Waals surface area contributed by atoms with E-state index in [4.69, 9.17) is 16.9 Å². The number of hydrogen-bond donors (Lipinski definition) is 1. The van der Waals surface area contributed by atoms with Gasteiger partial charge in [0.2, 0.25) is 10.0 Å². The Bertz CT molecular complexity index is 622. The summed E-state index contributed by atoms with van der Waals surface area (Å²) in [6.45, 7) is 1.71. The summed E-state index contributed by atoms with van der Waals surface area (Å²) in [5, 5.41) is 8.70. The van der Waals surface area contributed by atoms with Crippen LogP contribution in [0.3, 0.4) is 0 Å². The van der Waals surface area contributed by atoms with E-state index in [0.717, 1.165) is 19.3 Å². The molecule has 4 nitrogen and oxygen atoms in total. The Morgan fingerprint density at radius 2 is 2.16 bits per heavy atom. The van der Waals surface area contributed by atoms with Crippen LogP contribution in [0.5, 0.6) is 0 Å². The monoisotopic (exact) mass is 298 g/mol. The molecular weight excluding hydrogens is 284 g/mol. The summed E-state index contributed by atoms with van der Waals surface area (Å²) in [6, 6.07) is 6.37. The van der Waals surface area contributed by atoms with E-state index < -0.39 is 10.0 Å². The van der Waals surface area contributed by atoms with Gasteiger partial charge in [0.1, 0.15) is 0 Å². The van der Waals surface area contributed by atoms with Gasteiger partial charge in [-0.3, -0.25) is 0 Å². The van der Waals surface area contributed by atoms with Crippen molar-refractivity contribution in [1.82, 2.24) is 4.72 Å². The molecule has 0 aromatic heterocycles. The molecule has 2 atom stereocenters. The molecule has 0 bridgehead atoms. The van der Waals surface area contributed by atoms with Crippen LogP contribution in [0, 0.1) is 18.3 Å². The van der Waals surface area contributed by atoms with Gasteiger partial charge >= 0.3 is 0 Å². The highest BCUT2D eigenvalue weighted by atomic mass is 35.5. The normalized spacial score (nSPS) is 23.2. The number of halogens is 1. The second-order valence-corrected chi connectivity index (χ2v) is 7.01. The van der Waals surface area contributed by atoms with Crippen LogP contribution in [-0.4, -0.2) is 19.8 Å². The Balaban J connectivity index is 2.32. The Morgan fingerprint density at radius 3 is 2.74 bits per heavy atom. The van der Waals surface area contributed by atoms with E-state index in [0.29, 0.717) is 11.1 Å². The van der Waals surface area contributed by atoms with Gasteiger partial charge in [-0.2, -0.15) is 5.26 Å². The van der Waals surface area contributed by atoms with E-state index in [1.165, 1.54) is 6.07 Å². The molecule has 1 aliphatic rings. The smallest absolute Gasteiger partial charge is 0.207 e. The number of nitrogens with zero attached hydrogens (tertiary/aromatic N) is 1. The molecule has 2 unspecified atom stereocenters. The van der Waals surface area contributed by atoms with Crippen molar-refractivity contribution in [2.45, 2.75) is 42.5 Å². The lowest BCUT2D eigenvalue weighted by molar-refractivity contribution is 0.553. The van der Waals surface area contributed by atoms with Gasteiger partial charge in [0.15, 0.2) is 0 Å². The molecule has 1 saturated carbocycles. The predicted octanol–water partition coefficient (Wildman–Crippen LogP) is 2.30. The maximum Gasteiger partial charge on any atom is 0.241 e. The van der Waals surface area contributed by atoms with E-state index in [1.807, 2.05) is 6.07 Å². The molecule has 0 heterocycles. The van der Waals surface area contributed by atoms with Crippen molar-refractivity contribution >= 4 is 21.6 Å². The molecule has 1 aromatic carbocycles. The molecule has 2 rings (SSSR count). The third kappa shape index (κ3) is 3.08. The van der Waals surface area contributed by atoms with E-state index in [2.05, 4.69) is 4.72 Å². The zero-order chi connectivity index (χ0) is 14.0. The van der Waals surface area contributed by atoms with Crippen molar-refractivity contribution in [3.8, 4) is 6.07 Å². The van der Waals surface area contributed by atoms with Gasteiger partial charge in [0, 0.05) is 11.4 Å². The van der Waals surface area contributed by atoms with Crippen molar-refractivity contribution < 1.29 is 8.42 Å². The summed E-state index contributed by atoms with van der Waals surface area (Å²) >= 11 is 6.09. The van der Waals surface area contributed by atoms with E-state index in [-0.39, 0.29) is 16.3 Å². The zero-order valence-corrected chi connectivity index (χ0v) is 12.1. The summed E-state index contributed by atoms with van der Waals surface area (Å²) in [6.07, 6.45) is 2.51. The molecule has 0 spiro atoms. The first-order valence-corrected chi connectivity index (χ1v) is 8.03. The van der Waals surface area contributed by atoms with Gasteiger partial charge in [-0.1, -0.05) is 12.5 Å². The number of sulfonamides is 1. The molecule has 1 fully saturated rings. The average molecular weight is 299 g/mol. The van der Waals surface area contributed by atoms with E-state index in [9.17, 15) is 8.42 Å². The number of aryl methyl sites for hydroxylation is 1. The quantitative estimate of drug-likeness (QED) is 0.871. The maximum atomic E-state index is 12.3. The summed E-state index contributed by atoms with van der Waals surface area (Å²) in [5.41, 5.74) is 0.954. The second kappa shape index (κ2) is 5.49. The first-order chi connectivity index (χ1) is 8.94. The Kier molecular flexibility index (Phi) is 4.14. The van der Waals surface area contributed by atoms with Crippen LogP contribution >= 0.6 is 11.6 Å². The molecule has 1 N–H and O–H groups in total. The SMILES string of the molecule is Cc1ccc(C#N)cc1S(=O)(=O)NC1CCCC1Cl. The Labute approximate surface area is 118 Å². The minimum Gasteiger partial charge on any atom is -0.207 e. The minimum atomic E-state index is -3.63. The third-order valence-electron chi connectivity index (χ3n) is 3.34.